The molecule has 88 valence electrons. The van der Waals surface area contributed by atoms with Gasteiger partial charge in [-0.25, -0.2) is 0 Å². The van der Waals surface area contributed by atoms with Gasteiger partial charge in [-0.05, 0) is 53.2 Å². The third-order valence-electron chi connectivity index (χ3n) is 2.85. The van der Waals surface area contributed by atoms with Crippen LogP contribution in [0.15, 0.2) is 22.9 Å². The summed E-state index contributed by atoms with van der Waals surface area (Å²) < 4.78 is 6.59. The van der Waals surface area contributed by atoms with Crippen molar-refractivity contribution in [3.63, 3.8) is 0 Å². The Morgan fingerprint density at radius 3 is 3.12 bits per heavy atom. The Kier molecular flexibility index (Phi) is 4.32. The highest BCUT2D eigenvalue weighted by atomic mass is 79.9. The minimum absolute atomic E-state index is 0.166. The van der Waals surface area contributed by atoms with Gasteiger partial charge in [0.2, 0.25) is 0 Å². The first-order chi connectivity index (χ1) is 7.74. The zero-order valence-corrected chi connectivity index (χ0v) is 10.8. The number of ether oxygens (including phenoxy) is 1. The third-order valence-corrected chi connectivity index (χ3v) is 3.28. The second-order valence-electron chi connectivity index (χ2n) is 4.35. The van der Waals surface area contributed by atoms with Gasteiger partial charge < -0.3 is 10.5 Å². The van der Waals surface area contributed by atoms with E-state index in [0.29, 0.717) is 6.10 Å². The molecule has 1 aromatic heterocycles. The number of rotatable bonds is 4. The smallest absolute Gasteiger partial charge is 0.0590 e. The fourth-order valence-electron chi connectivity index (χ4n) is 2.12. The molecule has 0 spiro atoms. The zero-order valence-electron chi connectivity index (χ0n) is 9.23. The van der Waals surface area contributed by atoms with Gasteiger partial charge in [0.15, 0.2) is 0 Å². The highest BCUT2D eigenvalue weighted by Gasteiger charge is 2.18. The van der Waals surface area contributed by atoms with Crippen LogP contribution in [0.1, 0.15) is 24.8 Å². The summed E-state index contributed by atoms with van der Waals surface area (Å²) in [5, 5.41) is 0. The van der Waals surface area contributed by atoms with Crippen molar-refractivity contribution in [1.82, 2.24) is 4.98 Å². The van der Waals surface area contributed by atoms with Crippen molar-refractivity contribution in [2.45, 2.75) is 37.8 Å². The fraction of sp³-hybridized carbons (Fsp3) is 0.583. The van der Waals surface area contributed by atoms with E-state index in [1.54, 1.807) is 6.20 Å². The minimum Gasteiger partial charge on any atom is -0.378 e. The Labute approximate surface area is 105 Å². The number of aromatic nitrogens is 1. The Bertz CT molecular complexity index is 340. The number of halogens is 1. The quantitative estimate of drug-likeness (QED) is 0.923. The van der Waals surface area contributed by atoms with Crippen molar-refractivity contribution in [2.75, 3.05) is 6.61 Å². The number of nitrogens with zero attached hydrogens (tertiary/aromatic N) is 1. The summed E-state index contributed by atoms with van der Waals surface area (Å²) in [6, 6.07) is 2.24. The molecule has 0 aliphatic carbocycles. The first-order valence-electron chi connectivity index (χ1n) is 5.70. The molecule has 1 aliphatic rings. The molecular formula is C12H17BrN2O. The van der Waals surface area contributed by atoms with E-state index < -0.39 is 0 Å². The summed E-state index contributed by atoms with van der Waals surface area (Å²) in [6.07, 6.45) is 8.18. The molecule has 1 saturated heterocycles. The molecule has 0 bridgehead atoms. The summed E-state index contributed by atoms with van der Waals surface area (Å²) in [5.74, 6) is 0. The van der Waals surface area contributed by atoms with Gasteiger partial charge in [-0.15, -0.1) is 0 Å². The van der Waals surface area contributed by atoms with Crippen LogP contribution < -0.4 is 5.73 Å². The van der Waals surface area contributed by atoms with Crippen LogP contribution >= 0.6 is 15.9 Å². The van der Waals surface area contributed by atoms with E-state index in [1.807, 2.05) is 6.20 Å². The fourth-order valence-corrected chi connectivity index (χ4v) is 2.53. The molecule has 0 radical (unpaired) electrons. The lowest BCUT2D eigenvalue weighted by atomic mass is 10.0. The van der Waals surface area contributed by atoms with Crippen LogP contribution in [0.2, 0.25) is 0 Å². The van der Waals surface area contributed by atoms with Gasteiger partial charge in [-0.2, -0.15) is 0 Å². The zero-order chi connectivity index (χ0) is 11.4. The van der Waals surface area contributed by atoms with Crippen molar-refractivity contribution in [3.05, 3.63) is 28.5 Å². The standard InChI is InChI=1S/C12H17BrN2O/c13-10-4-9(7-15-8-10)5-11(14)6-12-2-1-3-16-12/h4,7-8,11-12H,1-3,5-6,14H2. The molecule has 2 heterocycles. The van der Waals surface area contributed by atoms with Crippen molar-refractivity contribution in [2.24, 2.45) is 5.73 Å². The van der Waals surface area contributed by atoms with Crippen molar-refractivity contribution >= 4 is 15.9 Å². The Morgan fingerprint density at radius 2 is 2.44 bits per heavy atom. The summed E-state index contributed by atoms with van der Waals surface area (Å²) in [4.78, 5) is 4.14. The van der Waals surface area contributed by atoms with Crippen LogP contribution in [0.5, 0.6) is 0 Å². The van der Waals surface area contributed by atoms with Gasteiger partial charge >= 0.3 is 0 Å². The first kappa shape index (κ1) is 12.0. The molecule has 1 aromatic rings. The third kappa shape index (κ3) is 3.54. The van der Waals surface area contributed by atoms with Crippen LogP contribution in [-0.2, 0) is 11.2 Å². The molecule has 0 aromatic carbocycles. The minimum atomic E-state index is 0.166. The SMILES string of the molecule is NC(Cc1cncc(Br)c1)CC1CCCO1. The lowest BCUT2D eigenvalue weighted by Crippen LogP contribution is -2.28. The topological polar surface area (TPSA) is 48.1 Å². The maximum absolute atomic E-state index is 6.11. The predicted molar refractivity (Wildman–Crippen MR) is 67.2 cm³/mol. The average Bonchev–Trinajstić information content (AvgIpc) is 2.70. The molecule has 0 amide bonds. The van der Waals surface area contributed by atoms with E-state index in [1.165, 1.54) is 12.0 Å². The maximum Gasteiger partial charge on any atom is 0.0590 e. The van der Waals surface area contributed by atoms with Crippen LogP contribution in [0.4, 0.5) is 0 Å². The molecule has 1 fully saturated rings. The molecule has 2 unspecified atom stereocenters. The molecular weight excluding hydrogens is 268 g/mol. The largest absolute Gasteiger partial charge is 0.378 e. The molecule has 2 atom stereocenters. The summed E-state index contributed by atoms with van der Waals surface area (Å²) in [7, 11) is 0. The molecule has 2 N–H and O–H groups in total. The number of hydrogen-bond acceptors (Lipinski definition) is 3. The van der Waals surface area contributed by atoms with Gasteiger partial charge in [0.25, 0.3) is 0 Å². The first-order valence-corrected chi connectivity index (χ1v) is 6.50. The van der Waals surface area contributed by atoms with Gasteiger partial charge in [0.05, 0.1) is 6.10 Å². The van der Waals surface area contributed by atoms with E-state index in [0.717, 1.165) is 30.3 Å². The van der Waals surface area contributed by atoms with Crippen molar-refractivity contribution in [3.8, 4) is 0 Å². The van der Waals surface area contributed by atoms with Gasteiger partial charge in [0.1, 0.15) is 0 Å². The molecule has 2 rings (SSSR count). The van der Waals surface area contributed by atoms with Gasteiger partial charge in [-0.1, -0.05) is 0 Å². The average molecular weight is 285 g/mol. The highest BCUT2D eigenvalue weighted by Crippen LogP contribution is 2.18. The lowest BCUT2D eigenvalue weighted by Gasteiger charge is -2.16. The summed E-state index contributed by atoms with van der Waals surface area (Å²) in [5.41, 5.74) is 7.29. The summed E-state index contributed by atoms with van der Waals surface area (Å²) in [6.45, 7) is 0.899. The van der Waals surface area contributed by atoms with Gasteiger partial charge in [0, 0.05) is 29.5 Å². The van der Waals surface area contributed by atoms with E-state index in [4.69, 9.17) is 10.5 Å². The molecule has 4 heteroatoms. The van der Waals surface area contributed by atoms with Crippen molar-refractivity contribution < 1.29 is 4.74 Å². The normalized spacial score (nSPS) is 22.2. The molecule has 1 aliphatic heterocycles. The Hall–Kier alpha value is -0.450. The van der Waals surface area contributed by atoms with Crippen LogP contribution in [0.25, 0.3) is 0 Å². The number of nitrogens with two attached hydrogens (primary N) is 1. The second kappa shape index (κ2) is 5.75. The van der Waals surface area contributed by atoms with Crippen LogP contribution in [0.3, 0.4) is 0 Å². The lowest BCUT2D eigenvalue weighted by molar-refractivity contribution is 0.0983. The van der Waals surface area contributed by atoms with Crippen LogP contribution in [-0.4, -0.2) is 23.7 Å². The number of hydrogen-bond donors (Lipinski definition) is 1. The monoisotopic (exact) mass is 284 g/mol. The Balaban J connectivity index is 1.84. The van der Waals surface area contributed by atoms with E-state index >= 15 is 0 Å². The molecule has 0 saturated carbocycles. The van der Waals surface area contributed by atoms with E-state index in [9.17, 15) is 0 Å². The van der Waals surface area contributed by atoms with E-state index in [-0.39, 0.29) is 6.04 Å². The number of pyridine rings is 1. The molecule has 3 nitrogen and oxygen atoms in total. The second-order valence-corrected chi connectivity index (χ2v) is 5.26. The van der Waals surface area contributed by atoms with E-state index in [2.05, 4.69) is 27.0 Å². The maximum atomic E-state index is 6.11. The predicted octanol–water partition coefficient (Wildman–Crippen LogP) is 2.28. The Morgan fingerprint density at radius 1 is 1.56 bits per heavy atom. The van der Waals surface area contributed by atoms with Crippen molar-refractivity contribution in [1.29, 1.82) is 0 Å². The van der Waals surface area contributed by atoms with Gasteiger partial charge in [-0.3, -0.25) is 4.98 Å². The molecule has 16 heavy (non-hydrogen) atoms. The highest BCUT2D eigenvalue weighted by molar-refractivity contribution is 9.10. The summed E-state index contributed by atoms with van der Waals surface area (Å²) >= 11 is 3.41. The van der Waals surface area contributed by atoms with Crippen LogP contribution in [0, 0.1) is 0 Å².